The van der Waals surface area contributed by atoms with Gasteiger partial charge in [-0.15, -0.1) is 0 Å². The van der Waals surface area contributed by atoms with E-state index < -0.39 is 0 Å². The van der Waals surface area contributed by atoms with Crippen molar-refractivity contribution in [1.82, 2.24) is 4.98 Å². The zero-order chi connectivity index (χ0) is 17.8. The molecule has 0 amide bonds. The largest absolute Gasteiger partial charge is 0.461 e. The third-order valence-electron chi connectivity index (χ3n) is 4.94. The summed E-state index contributed by atoms with van der Waals surface area (Å²) in [5.41, 5.74) is 3.88. The quantitative estimate of drug-likeness (QED) is 0.619. The zero-order valence-corrected chi connectivity index (χ0v) is 14.9. The molecular formula is C21H25NO3. The lowest BCUT2D eigenvalue weighted by molar-refractivity contribution is 0.0491. The van der Waals surface area contributed by atoms with Crippen LogP contribution < -0.4 is 0 Å². The van der Waals surface area contributed by atoms with Crippen LogP contribution in [0, 0.1) is 6.92 Å². The van der Waals surface area contributed by atoms with Gasteiger partial charge in [-0.25, -0.2) is 4.79 Å². The van der Waals surface area contributed by atoms with Crippen LogP contribution in [0.4, 0.5) is 0 Å². The average Bonchev–Trinajstić information content (AvgIpc) is 2.96. The van der Waals surface area contributed by atoms with Gasteiger partial charge in [0.2, 0.25) is 0 Å². The Labute approximate surface area is 148 Å². The highest BCUT2D eigenvalue weighted by Crippen LogP contribution is 2.35. The second kappa shape index (κ2) is 7.68. The van der Waals surface area contributed by atoms with Crippen LogP contribution in [-0.2, 0) is 11.2 Å². The monoisotopic (exact) mass is 339 g/mol. The number of Topliss-reactive ketones (excluding diaryl/α,β-unsaturated/α-hetero) is 1. The maximum absolute atomic E-state index is 12.7. The lowest BCUT2D eigenvalue weighted by Crippen LogP contribution is -2.18. The number of carbonyl (C=O) groups excluding carboxylic acids is 2. The smallest absolute Gasteiger partial charge is 0.355 e. The molecule has 1 aromatic heterocycles. The van der Waals surface area contributed by atoms with Crippen molar-refractivity contribution in [1.29, 1.82) is 0 Å². The minimum atomic E-state index is -0.355. The second-order valence-corrected chi connectivity index (χ2v) is 6.76. The predicted octanol–water partition coefficient (Wildman–Crippen LogP) is 4.58. The Morgan fingerprint density at radius 3 is 2.68 bits per heavy atom. The van der Waals surface area contributed by atoms with Gasteiger partial charge in [0.25, 0.3) is 0 Å². The molecule has 1 heterocycles. The number of aromatic nitrogens is 1. The second-order valence-electron chi connectivity index (χ2n) is 6.76. The minimum Gasteiger partial charge on any atom is -0.461 e. The molecule has 4 nitrogen and oxygen atoms in total. The Kier molecular flexibility index (Phi) is 5.37. The average molecular weight is 339 g/mol. The van der Waals surface area contributed by atoms with Gasteiger partial charge in [0.05, 0.1) is 6.61 Å². The summed E-state index contributed by atoms with van der Waals surface area (Å²) in [5, 5.41) is 0. The van der Waals surface area contributed by atoms with Crippen molar-refractivity contribution in [3.63, 3.8) is 0 Å². The van der Waals surface area contributed by atoms with Gasteiger partial charge < -0.3 is 9.72 Å². The van der Waals surface area contributed by atoms with E-state index >= 15 is 0 Å². The van der Waals surface area contributed by atoms with E-state index in [1.807, 2.05) is 25.1 Å². The van der Waals surface area contributed by atoms with Crippen LogP contribution in [0.15, 0.2) is 30.3 Å². The van der Waals surface area contributed by atoms with E-state index in [4.69, 9.17) is 4.74 Å². The summed E-state index contributed by atoms with van der Waals surface area (Å²) in [4.78, 5) is 28.2. The minimum absolute atomic E-state index is 0.105. The highest BCUT2D eigenvalue weighted by molar-refractivity contribution is 6.03. The number of hydrogen-bond acceptors (Lipinski definition) is 3. The Hall–Kier alpha value is -2.36. The van der Waals surface area contributed by atoms with Gasteiger partial charge in [0.15, 0.2) is 5.78 Å². The Bertz CT molecular complexity index is 761. The van der Waals surface area contributed by atoms with E-state index in [1.54, 1.807) is 0 Å². The van der Waals surface area contributed by atoms with Crippen LogP contribution in [0.2, 0.25) is 0 Å². The number of ketones is 1. The first kappa shape index (κ1) is 17.5. The molecule has 25 heavy (non-hydrogen) atoms. The lowest BCUT2D eigenvalue weighted by Gasteiger charge is -2.22. The summed E-state index contributed by atoms with van der Waals surface area (Å²) < 4.78 is 5.35. The molecule has 1 N–H and O–H groups in total. The number of aromatic amines is 1. The van der Waals surface area contributed by atoms with Gasteiger partial charge >= 0.3 is 5.97 Å². The molecule has 0 fully saturated rings. The fourth-order valence-corrected chi connectivity index (χ4v) is 3.59. The molecule has 1 unspecified atom stereocenters. The summed E-state index contributed by atoms with van der Waals surface area (Å²) >= 11 is 0. The predicted molar refractivity (Wildman–Crippen MR) is 97.2 cm³/mol. The van der Waals surface area contributed by atoms with Crippen LogP contribution in [0.1, 0.15) is 76.2 Å². The van der Waals surface area contributed by atoms with Crippen LogP contribution in [-0.4, -0.2) is 23.3 Å². The standard InChI is InChI=1S/C21H25NO3/c1-3-4-8-11-25-21(24)20-14(2)19-17(22-20)12-16(13-18(19)23)15-9-6-5-7-10-15/h5-7,9-10,16,22H,3-4,8,11-13H2,1-2H3. The van der Waals surface area contributed by atoms with Gasteiger partial charge in [-0.05, 0) is 36.8 Å². The molecule has 2 aromatic rings. The van der Waals surface area contributed by atoms with Gasteiger partial charge in [-0.2, -0.15) is 0 Å². The van der Waals surface area contributed by atoms with Crippen LogP contribution >= 0.6 is 0 Å². The number of ether oxygens (including phenoxy) is 1. The maximum Gasteiger partial charge on any atom is 0.355 e. The van der Waals surface area contributed by atoms with Crippen molar-refractivity contribution in [3.05, 3.63) is 58.4 Å². The number of esters is 1. The maximum atomic E-state index is 12.7. The van der Waals surface area contributed by atoms with Crippen LogP contribution in [0.5, 0.6) is 0 Å². The molecule has 4 heteroatoms. The van der Waals surface area contributed by atoms with Crippen molar-refractivity contribution in [2.45, 2.75) is 51.9 Å². The summed E-state index contributed by atoms with van der Waals surface area (Å²) in [6.07, 6.45) is 4.24. The fourth-order valence-electron chi connectivity index (χ4n) is 3.59. The first-order chi connectivity index (χ1) is 12.1. The third-order valence-corrected chi connectivity index (χ3v) is 4.94. The van der Waals surface area contributed by atoms with Crippen molar-refractivity contribution in [2.24, 2.45) is 0 Å². The van der Waals surface area contributed by atoms with Gasteiger partial charge in [0, 0.05) is 17.7 Å². The van der Waals surface area contributed by atoms with Gasteiger partial charge in [-0.3, -0.25) is 4.79 Å². The molecule has 0 saturated heterocycles. The summed E-state index contributed by atoms with van der Waals surface area (Å²) in [5.74, 6) is -0.0892. The van der Waals surface area contributed by atoms with Crippen molar-refractivity contribution < 1.29 is 14.3 Å². The zero-order valence-electron chi connectivity index (χ0n) is 14.9. The van der Waals surface area contributed by atoms with Gasteiger partial charge in [-0.1, -0.05) is 50.1 Å². The number of unbranched alkanes of at least 4 members (excludes halogenated alkanes) is 2. The summed E-state index contributed by atoms with van der Waals surface area (Å²) in [7, 11) is 0. The number of carbonyl (C=O) groups is 2. The highest BCUT2D eigenvalue weighted by atomic mass is 16.5. The molecule has 1 aliphatic rings. The number of H-pyrrole nitrogens is 1. The SMILES string of the molecule is CCCCCOC(=O)c1[nH]c2c(c1C)C(=O)CC(c1ccccc1)C2. The first-order valence-electron chi connectivity index (χ1n) is 9.08. The molecule has 132 valence electrons. The number of fused-ring (bicyclic) bond motifs is 1. The lowest BCUT2D eigenvalue weighted by atomic mass is 9.81. The number of hydrogen-bond donors (Lipinski definition) is 1. The van der Waals surface area contributed by atoms with Crippen molar-refractivity contribution in [3.8, 4) is 0 Å². The Morgan fingerprint density at radius 1 is 1.20 bits per heavy atom. The van der Waals surface area contributed by atoms with Crippen LogP contribution in [0.3, 0.4) is 0 Å². The number of nitrogens with one attached hydrogen (secondary N) is 1. The molecule has 0 radical (unpaired) electrons. The fraction of sp³-hybridized carbons (Fsp3) is 0.429. The molecule has 1 atom stereocenters. The molecule has 0 saturated carbocycles. The Morgan fingerprint density at radius 2 is 1.96 bits per heavy atom. The molecule has 0 spiro atoms. The molecular weight excluding hydrogens is 314 g/mol. The van der Waals surface area contributed by atoms with E-state index in [0.29, 0.717) is 24.3 Å². The van der Waals surface area contributed by atoms with E-state index in [1.165, 1.54) is 0 Å². The van der Waals surface area contributed by atoms with E-state index in [2.05, 4.69) is 24.0 Å². The molecule has 0 bridgehead atoms. The highest BCUT2D eigenvalue weighted by Gasteiger charge is 2.32. The molecule has 0 aliphatic heterocycles. The van der Waals surface area contributed by atoms with Gasteiger partial charge in [0.1, 0.15) is 5.69 Å². The van der Waals surface area contributed by atoms with E-state index in [-0.39, 0.29) is 17.7 Å². The number of rotatable bonds is 6. The topological polar surface area (TPSA) is 59.2 Å². The van der Waals surface area contributed by atoms with Crippen molar-refractivity contribution >= 4 is 11.8 Å². The molecule has 3 rings (SSSR count). The van der Waals surface area contributed by atoms with E-state index in [9.17, 15) is 9.59 Å². The first-order valence-corrected chi connectivity index (χ1v) is 9.08. The summed E-state index contributed by atoms with van der Waals surface area (Å²) in [6.45, 7) is 4.37. The summed E-state index contributed by atoms with van der Waals surface area (Å²) in [6, 6.07) is 10.1. The molecule has 1 aromatic carbocycles. The van der Waals surface area contributed by atoms with Crippen LogP contribution in [0.25, 0.3) is 0 Å². The molecule has 1 aliphatic carbocycles. The third kappa shape index (κ3) is 3.68. The normalized spacial score (nSPS) is 16.6. The van der Waals surface area contributed by atoms with E-state index in [0.717, 1.165) is 42.5 Å². The van der Waals surface area contributed by atoms with Crippen molar-refractivity contribution in [2.75, 3.05) is 6.61 Å². The number of benzene rings is 1. The Balaban J connectivity index is 1.78.